The molecule has 232 valence electrons. The van der Waals surface area contributed by atoms with Crippen LogP contribution in [0.3, 0.4) is 0 Å². The number of nitro groups is 2. The number of benzene rings is 2. The summed E-state index contributed by atoms with van der Waals surface area (Å²) >= 11 is 0. The number of aliphatic hydroxyl groups is 1. The molecule has 4 aliphatic rings. The third kappa shape index (κ3) is 5.36. The Labute approximate surface area is 258 Å². The van der Waals surface area contributed by atoms with E-state index in [0.29, 0.717) is 17.8 Å². The topological polar surface area (TPSA) is 131 Å². The van der Waals surface area contributed by atoms with Gasteiger partial charge in [-0.1, -0.05) is 61.4 Å². The van der Waals surface area contributed by atoms with Gasteiger partial charge in [0.25, 0.3) is 5.69 Å². The highest BCUT2D eigenvalue weighted by Crippen LogP contribution is 2.66. The summed E-state index contributed by atoms with van der Waals surface area (Å²) in [7, 11) is 0. The molecule has 0 radical (unpaired) electrons. The van der Waals surface area contributed by atoms with Gasteiger partial charge in [0.15, 0.2) is 0 Å². The molecule has 0 saturated heterocycles. The van der Waals surface area contributed by atoms with Crippen LogP contribution in [-0.2, 0) is 0 Å². The number of hydrogen-bond donors (Lipinski definition) is 2. The molecule has 6 rings (SSSR count). The van der Waals surface area contributed by atoms with Crippen LogP contribution in [0.5, 0.6) is 0 Å². The Balaban J connectivity index is 1.33. The lowest BCUT2D eigenvalue weighted by atomic mass is 9.47. The van der Waals surface area contributed by atoms with Crippen molar-refractivity contribution < 1.29 is 15.0 Å². The molecule has 7 atom stereocenters. The lowest BCUT2D eigenvalue weighted by Crippen LogP contribution is -2.51. The highest BCUT2D eigenvalue weighted by molar-refractivity contribution is 6.01. The maximum Gasteiger partial charge on any atom is 0.301 e. The Morgan fingerprint density at radius 3 is 2.50 bits per heavy atom. The van der Waals surface area contributed by atoms with Gasteiger partial charge in [-0.3, -0.25) is 25.7 Å². The predicted molar refractivity (Wildman–Crippen MR) is 172 cm³/mol. The summed E-state index contributed by atoms with van der Waals surface area (Å²) in [6, 6.07) is 11.9. The summed E-state index contributed by atoms with van der Waals surface area (Å²) in [5.74, 6) is 1.91. The summed E-state index contributed by atoms with van der Waals surface area (Å²) < 4.78 is 0. The van der Waals surface area contributed by atoms with Crippen LogP contribution in [-0.4, -0.2) is 26.8 Å². The molecule has 4 aliphatic carbocycles. The molecule has 0 aliphatic heterocycles. The molecule has 0 amide bonds. The average molecular weight is 599 g/mol. The largest absolute Gasteiger partial charge is 0.393 e. The van der Waals surface area contributed by atoms with Gasteiger partial charge in [-0.05, 0) is 105 Å². The number of rotatable bonds is 7. The molecule has 44 heavy (non-hydrogen) atoms. The van der Waals surface area contributed by atoms with Crippen LogP contribution in [0.15, 0.2) is 65.3 Å². The molecular formula is C35H42N4O5. The number of allylic oxidation sites excluding steroid dienone is 2. The highest BCUT2D eigenvalue weighted by Gasteiger charge is 2.59. The van der Waals surface area contributed by atoms with E-state index in [2.05, 4.69) is 62.6 Å². The zero-order valence-electron chi connectivity index (χ0n) is 25.7. The van der Waals surface area contributed by atoms with Crippen molar-refractivity contribution in [1.29, 1.82) is 0 Å². The monoisotopic (exact) mass is 598 g/mol. The minimum atomic E-state index is -0.634. The van der Waals surface area contributed by atoms with Crippen LogP contribution in [0.4, 0.5) is 17.1 Å². The summed E-state index contributed by atoms with van der Waals surface area (Å²) in [4.78, 5) is 21.8. The number of nitrogens with one attached hydrogen (secondary N) is 1. The van der Waals surface area contributed by atoms with Crippen LogP contribution in [0.2, 0.25) is 0 Å². The van der Waals surface area contributed by atoms with Gasteiger partial charge in [0.2, 0.25) is 0 Å². The van der Waals surface area contributed by atoms with Gasteiger partial charge in [0, 0.05) is 12.0 Å². The zero-order valence-corrected chi connectivity index (χ0v) is 25.7. The van der Waals surface area contributed by atoms with Crippen molar-refractivity contribution in [1.82, 2.24) is 0 Å². The Morgan fingerprint density at radius 2 is 1.77 bits per heavy atom. The summed E-state index contributed by atoms with van der Waals surface area (Å²) in [5.41, 5.74) is 7.08. The minimum Gasteiger partial charge on any atom is -0.393 e. The lowest BCUT2D eigenvalue weighted by molar-refractivity contribution is -0.393. The molecule has 0 heterocycles. The molecule has 0 spiro atoms. The molecule has 0 unspecified atom stereocenters. The number of nitro benzene ring substituents is 2. The second-order valence-electron chi connectivity index (χ2n) is 13.9. The zero-order chi connectivity index (χ0) is 31.2. The molecule has 2 aromatic carbocycles. The van der Waals surface area contributed by atoms with E-state index >= 15 is 0 Å². The average Bonchev–Trinajstić information content (AvgIpc) is 3.35. The summed E-state index contributed by atoms with van der Waals surface area (Å²) in [5, 5.41) is 38.3. The molecule has 3 fully saturated rings. The van der Waals surface area contributed by atoms with E-state index in [0.717, 1.165) is 68.7 Å². The lowest BCUT2D eigenvalue weighted by Gasteiger charge is -2.58. The van der Waals surface area contributed by atoms with E-state index in [4.69, 9.17) is 5.10 Å². The van der Waals surface area contributed by atoms with Gasteiger partial charge < -0.3 is 5.11 Å². The van der Waals surface area contributed by atoms with E-state index in [1.54, 1.807) is 0 Å². The summed E-state index contributed by atoms with van der Waals surface area (Å²) in [6.45, 7) is 6.91. The van der Waals surface area contributed by atoms with Crippen molar-refractivity contribution >= 4 is 28.8 Å². The quantitative estimate of drug-likeness (QED) is 0.143. The van der Waals surface area contributed by atoms with Gasteiger partial charge >= 0.3 is 5.69 Å². The molecule has 9 nitrogen and oxygen atoms in total. The van der Waals surface area contributed by atoms with Crippen molar-refractivity contribution in [3.8, 4) is 0 Å². The Hall–Kier alpha value is -3.85. The Kier molecular flexibility index (Phi) is 7.94. The third-order valence-electron chi connectivity index (χ3n) is 11.7. The van der Waals surface area contributed by atoms with E-state index in [-0.39, 0.29) is 39.9 Å². The fourth-order valence-electron chi connectivity index (χ4n) is 9.22. The first-order valence-electron chi connectivity index (χ1n) is 15.9. The number of anilines is 1. The molecule has 0 bridgehead atoms. The first kappa shape index (κ1) is 30.2. The Morgan fingerprint density at radius 1 is 1.00 bits per heavy atom. The SMILES string of the molecule is Cc1ccc(/C=C/C(=N\Nc2ccc([N+](=O)[O-])cc2[N+](=O)[O-])[C@H]2CC[C@H]3[C@@H]4CC=C5C[C@@H](O)CC[C@]5(C)[C@H]4CC[C@]23C)cc1. The molecule has 0 aromatic heterocycles. The van der Waals surface area contributed by atoms with Crippen molar-refractivity contribution in [2.45, 2.75) is 78.2 Å². The number of aryl methyl sites for hydroxylation is 1. The van der Waals surface area contributed by atoms with E-state index in [1.807, 2.05) is 6.08 Å². The van der Waals surface area contributed by atoms with Gasteiger partial charge in [-0.15, -0.1) is 0 Å². The fraction of sp³-hybridized carbons (Fsp3) is 0.514. The van der Waals surface area contributed by atoms with Gasteiger partial charge in [-0.2, -0.15) is 5.10 Å². The van der Waals surface area contributed by atoms with Crippen molar-refractivity contribution in [2.75, 3.05) is 5.43 Å². The van der Waals surface area contributed by atoms with E-state index in [1.165, 1.54) is 23.3 Å². The van der Waals surface area contributed by atoms with Crippen LogP contribution >= 0.6 is 0 Å². The van der Waals surface area contributed by atoms with Crippen molar-refractivity contribution in [3.05, 3.63) is 91.5 Å². The summed E-state index contributed by atoms with van der Waals surface area (Å²) in [6.07, 6.45) is 14.5. The number of nitrogens with zero attached hydrogens (tertiary/aromatic N) is 3. The van der Waals surface area contributed by atoms with Crippen molar-refractivity contribution in [2.24, 2.45) is 39.6 Å². The van der Waals surface area contributed by atoms with E-state index in [9.17, 15) is 25.3 Å². The number of non-ortho nitro benzene ring substituents is 1. The standard InChI is InChI=1S/C35H42N4O5/c1-22-4-6-23(7-5-22)8-14-31(36-37-32-15-10-25(38(41)42)21-33(32)39(43)44)30-13-12-28-27-11-9-24-20-26(40)16-18-34(24,2)29(27)17-19-35(28,30)3/h4-10,14-15,21,26-30,37,40H,11-13,16-20H2,1-3H3/b14-8+,36-31+/t26-,27-,28-,29-,30+,34-,35-/m0/s1. The maximum atomic E-state index is 11.8. The number of hydrazone groups is 1. The van der Waals surface area contributed by atoms with Gasteiger partial charge in [0.1, 0.15) is 5.69 Å². The molecule has 2 aromatic rings. The van der Waals surface area contributed by atoms with Gasteiger partial charge in [0.05, 0.1) is 27.7 Å². The number of hydrogen-bond acceptors (Lipinski definition) is 7. The molecule has 3 saturated carbocycles. The fourth-order valence-corrected chi connectivity index (χ4v) is 9.22. The molecule has 9 heteroatoms. The maximum absolute atomic E-state index is 11.8. The number of fused-ring (bicyclic) bond motifs is 5. The highest BCUT2D eigenvalue weighted by atomic mass is 16.6. The third-order valence-corrected chi connectivity index (χ3v) is 11.7. The van der Waals surface area contributed by atoms with Crippen LogP contribution in [0.25, 0.3) is 6.08 Å². The van der Waals surface area contributed by atoms with E-state index < -0.39 is 9.85 Å². The van der Waals surface area contributed by atoms with Crippen molar-refractivity contribution in [3.63, 3.8) is 0 Å². The molecular weight excluding hydrogens is 556 g/mol. The second kappa shape index (κ2) is 11.6. The minimum absolute atomic E-state index is 0.0244. The Bertz CT molecular complexity index is 1550. The second-order valence-corrected chi connectivity index (χ2v) is 13.9. The van der Waals surface area contributed by atoms with Crippen LogP contribution in [0.1, 0.15) is 76.3 Å². The van der Waals surface area contributed by atoms with Crippen LogP contribution < -0.4 is 5.43 Å². The normalized spacial score (nSPS) is 33.2. The predicted octanol–water partition coefficient (Wildman–Crippen LogP) is 8.23. The smallest absolute Gasteiger partial charge is 0.301 e. The first-order valence-corrected chi connectivity index (χ1v) is 15.9. The van der Waals surface area contributed by atoms with Gasteiger partial charge in [-0.25, -0.2) is 0 Å². The first-order chi connectivity index (χ1) is 21.0. The number of aliphatic hydroxyl groups excluding tert-OH is 1. The molecule has 2 N–H and O–H groups in total. The van der Waals surface area contributed by atoms with Crippen LogP contribution in [0, 0.1) is 61.7 Å².